The number of anilines is 1. The van der Waals surface area contributed by atoms with Crippen molar-refractivity contribution in [2.45, 2.75) is 32.4 Å². The molecule has 1 aromatic carbocycles. The molecule has 1 aliphatic heterocycles. The Labute approximate surface area is 171 Å². The Kier molecular flexibility index (Phi) is 7.31. The van der Waals surface area contributed by atoms with Gasteiger partial charge in [0.05, 0.1) is 11.5 Å². The molecule has 0 bridgehead atoms. The van der Waals surface area contributed by atoms with E-state index in [9.17, 15) is 4.79 Å². The molecule has 3 rings (SSSR count). The zero-order valence-corrected chi connectivity index (χ0v) is 17.4. The molecule has 3 N–H and O–H groups in total. The van der Waals surface area contributed by atoms with E-state index in [2.05, 4.69) is 45.3 Å². The van der Waals surface area contributed by atoms with Gasteiger partial charge in [-0.2, -0.15) is 0 Å². The first-order chi connectivity index (χ1) is 13.7. The summed E-state index contributed by atoms with van der Waals surface area (Å²) in [7, 11) is 1.64. The van der Waals surface area contributed by atoms with Crippen LogP contribution in [0.25, 0.3) is 0 Å². The van der Waals surface area contributed by atoms with Crippen LogP contribution < -0.4 is 20.9 Å². The first-order valence-corrected chi connectivity index (χ1v) is 10.7. The third kappa shape index (κ3) is 5.48. The van der Waals surface area contributed by atoms with E-state index in [1.807, 2.05) is 24.3 Å². The Morgan fingerprint density at radius 1 is 1.25 bits per heavy atom. The van der Waals surface area contributed by atoms with Gasteiger partial charge in [-0.1, -0.05) is 12.1 Å². The number of thiophene rings is 1. The lowest BCUT2D eigenvalue weighted by Crippen LogP contribution is -2.48. The molecule has 1 aliphatic rings. The maximum Gasteiger partial charge on any atom is 0.251 e. The highest BCUT2D eigenvalue weighted by Crippen LogP contribution is 2.24. The summed E-state index contributed by atoms with van der Waals surface area (Å²) in [6, 6.07) is 12.3. The third-order valence-electron chi connectivity index (χ3n) is 4.83. The van der Waals surface area contributed by atoms with Crippen molar-refractivity contribution in [3.8, 4) is 0 Å². The van der Waals surface area contributed by atoms with Gasteiger partial charge >= 0.3 is 0 Å². The van der Waals surface area contributed by atoms with Crippen LogP contribution in [0.15, 0.2) is 46.8 Å². The van der Waals surface area contributed by atoms with Gasteiger partial charge in [0.1, 0.15) is 0 Å². The molecule has 28 heavy (non-hydrogen) atoms. The molecule has 0 unspecified atom stereocenters. The SMILES string of the molecule is CCNC(=NCc1cccc(C(=O)NC)c1)NC1CCN(c2cccs2)CC1. The number of guanidine groups is 1. The van der Waals surface area contributed by atoms with Gasteiger partial charge in [-0.05, 0) is 55.0 Å². The number of aliphatic imine (C=N–C) groups is 1. The Morgan fingerprint density at radius 3 is 2.75 bits per heavy atom. The monoisotopic (exact) mass is 399 g/mol. The summed E-state index contributed by atoms with van der Waals surface area (Å²) in [5.74, 6) is 0.760. The number of nitrogens with one attached hydrogen (secondary N) is 3. The van der Waals surface area contributed by atoms with E-state index >= 15 is 0 Å². The van der Waals surface area contributed by atoms with Crippen molar-refractivity contribution in [1.82, 2.24) is 16.0 Å². The van der Waals surface area contributed by atoms with Gasteiger partial charge in [0.2, 0.25) is 0 Å². The third-order valence-corrected chi connectivity index (χ3v) is 5.76. The quantitative estimate of drug-likeness (QED) is 0.516. The minimum absolute atomic E-state index is 0.0756. The van der Waals surface area contributed by atoms with Crippen LogP contribution in [-0.4, -0.2) is 44.6 Å². The number of hydrogen-bond acceptors (Lipinski definition) is 4. The number of benzene rings is 1. The molecule has 0 radical (unpaired) electrons. The molecule has 0 atom stereocenters. The van der Waals surface area contributed by atoms with Gasteiger partial charge in [0.25, 0.3) is 5.91 Å². The van der Waals surface area contributed by atoms with Gasteiger partial charge in [-0.15, -0.1) is 11.3 Å². The molecule has 1 amide bonds. The smallest absolute Gasteiger partial charge is 0.251 e. The van der Waals surface area contributed by atoms with E-state index < -0.39 is 0 Å². The van der Waals surface area contributed by atoms with Crippen molar-refractivity contribution in [3.05, 3.63) is 52.9 Å². The number of nitrogens with zero attached hydrogens (tertiary/aromatic N) is 2. The number of hydrogen-bond donors (Lipinski definition) is 3. The number of piperidine rings is 1. The zero-order chi connectivity index (χ0) is 19.8. The van der Waals surface area contributed by atoms with Gasteiger partial charge < -0.3 is 20.9 Å². The molecule has 1 fully saturated rings. The predicted octanol–water partition coefficient (Wildman–Crippen LogP) is 2.83. The van der Waals surface area contributed by atoms with E-state index in [-0.39, 0.29) is 5.91 Å². The largest absolute Gasteiger partial charge is 0.363 e. The predicted molar refractivity (Wildman–Crippen MR) is 117 cm³/mol. The lowest BCUT2D eigenvalue weighted by atomic mass is 10.1. The van der Waals surface area contributed by atoms with Gasteiger partial charge in [-0.25, -0.2) is 4.99 Å². The van der Waals surface area contributed by atoms with Crippen LogP contribution in [0.4, 0.5) is 5.00 Å². The van der Waals surface area contributed by atoms with Crippen molar-refractivity contribution in [1.29, 1.82) is 0 Å². The van der Waals surface area contributed by atoms with Crippen LogP contribution in [0.3, 0.4) is 0 Å². The average molecular weight is 400 g/mol. The van der Waals surface area contributed by atoms with Crippen LogP contribution in [0, 0.1) is 0 Å². The van der Waals surface area contributed by atoms with Crippen molar-refractivity contribution >= 4 is 28.2 Å². The van der Waals surface area contributed by atoms with E-state index in [4.69, 9.17) is 4.99 Å². The molecule has 2 aromatic rings. The lowest BCUT2D eigenvalue weighted by molar-refractivity contribution is 0.0963. The summed E-state index contributed by atoms with van der Waals surface area (Å²) in [5, 5.41) is 13.1. The minimum atomic E-state index is -0.0756. The maximum absolute atomic E-state index is 11.8. The second-order valence-electron chi connectivity index (χ2n) is 6.83. The molecule has 1 saturated heterocycles. The van der Waals surface area contributed by atoms with E-state index in [1.165, 1.54) is 5.00 Å². The molecule has 1 aromatic heterocycles. The van der Waals surface area contributed by atoms with Gasteiger partial charge in [0.15, 0.2) is 5.96 Å². The first-order valence-electron chi connectivity index (χ1n) is 9.84. The molecule has 0 saturated carbocycles. The Balaban J connectivity index is 1.57. The molecule has 0 aliphatic carbocycles. The van der Waals surface area contributed by atoms with Crippen molar-refractivity contribution in [2.24, 2.45) is 4.99 Å². The second kappa shape index (κ2) is 10.1. The highest BCUT2D eigenvalue weighted by atomic mass is 32.1. The van der Waals surface area contributed by atoms with Crippen molar-refractivity contribution in [2.75, 3.05) is 31.6 Å². The van der Waals surface area contributed by atoms with E-state index in [0.717, 1.165) is 44.0 Å². The number of carbonyl (C=O) groups excluding carboxylic acids is 1. The fourth-order valence-corrected chi connectivity index (χ4v) is 4.12. The normalized spacial score (nSPS) is 15.4. The molecular weight excluding hydrogens is 370 g/mol. The number of amides is 1. The molecule has 6 nitrogen and oxygen atoms in total. The molecule has 7 heteroatoms. The topological polar surface area (TPSA) is 68.8 Å². The summed E-state index contributed by atoms with van der Waals surface area (Å²) in [6.45, 7) is 5.55. The Morgan fingerprint density at radius 2 is 2.07 bits per heavy atom. The summed E-state index contributed by atoms with van der Waals surface area (Å²) >= 11 is 1.80. The van der Waals surface area contributed by atoms with Crippen LogP contribution in [0.2, 0.25) is 0 Å². The van der Waals surface area contributed by atoms with E-state index in [1.54, 1.807) is 18.4 Å². The average Bonchev–Trinajstić information content (AvgIpc) is 3.27. The highest BCUT2D eigenvalue weighted by molar-refractivity contribution is 7.14. The molecule has 0 spiro atoms. The summed E-state index contributed by atoms with van der Waals surface area (Å²) in [5.41, 5.74) is 1.68. The van der Waals surface area contributed by atoms with Crippen LogP contribution >= 0.6 is 11.3 Å². The fourth-order valence-electron chi connectivity index (χ4n) is 3.33. The molecule has 150 valence electrons. The molecule has 2 heterocycles. The van der Waals surface area contributed by atoms with Gasteiger partial charge in [-0.3, -0.25) is 4.79 Å². The maximum atomic E-state index is 11.8. The summed E-state index contributed by atoms with van der Waals surface area (Å²) < 4.78 is 0. The number of rotatable bonds is 6. The number of carbonyl (C=O) groups is 1. The highest BCUT2D eigenvalue weighted by Gasteiger charge is 2.20. The van der Waals surface area contributed by atoms with Crippen LogP contribution in [-0.2, 0) is 6.54 Å². The Hall–Kier alpha value is -2.54. The summed E-state index contributed by atoms with van der Waals surface area (Å²) in [6.07, 6.45) is 2.18. The fraction of sp³-hybridized carbons (Fsp3) is 0.429. The Bertz CT molecular complexity index is 782. The van der Waals surface area contributed by atoms with Crippen LogP contribution in [0.5, 0.6) is 0 Å². The minimum Gasteiger partial charge on any atom is -0.363 e. The molecular formula is C21H29N5OS. The van der Waals surface area contributed by atoms with Gasteiger partial charge in [0, 0.05) is 38.3 Å². The lowest BCUT2D eigenvalue weighted by Gasteiger charge is -2.33. The first kappa shape index (κ1) is 20.2. The van der Waals surface area contributed by atoms with E-state index in [0.29, 0.717) is 18.2 Å². The van der Waals surface area contributed by atoms with Crippen LogP contribution in [0.1, 0.15) is 35.7 Å². The zero-order valence-electron chi connectivity index (χ0n) is 16.6. The van der Waals surface area contributed by atoms with Crippen molar-refractivity contribution in [3.63, 3.8) is 0 Å². The standard InChI is InChI=1S/C21H29N5OS/c1-3-23-21(24-15-16-6-4-7-17(14-16)20(27)22-2)25-18-9-11-26(12-10-18)19-8-5-13-28-19/h4-8,13-14,18H,3,9-12,15H2,1-2H3,(H,22,27)(H2,23,24,25). The second-order valence-corrected chi connectivity index (χ2v) is 7.76. The summed E-state index contributed by atoms with van der Waals surface area (Å²) in [4.78, 5) is 19.0. The van der Waals surface area contributed by atoms with Crippen molar-refractivity contribution < 1.29 is 4.79 Å².